The summed E-state index contributed by atoms with van der Waals surface area (Å²) in [5, 5.41) is 0. The lowest BCUT2D eigenvalue weighted by Crippen LogP contribution is -2.26. The maximum atomic E-state index is 14.0. The van der Waals surface area contributed by atoms with Gasteiger partial charge in [-0.05, 0) is 60.2 Å². The number of rotatable bonds is 5. The summed E-state index contributed by atoms with van der Waals surface area (Å²) >= 11 is 0. The zero-order chi connectivity index (χ0) is 29.1. The van der Waals surface area contributed by atoms with Crippen molar-refractivity contribution in [2.45, 2.75) is 42.7 Å². The second-order valence-corrected chi connectivity index (χ2v) is 10.9. The number of nitrogens with zero attached hydrogens (tertiary/aromatic N) is 1. The Morgan fingerprint density at radius 1 is 0.825 bits per heavy atom. The molecule has 3 aromatic carbocycles. The Bertz CT molecular complexity index is 1630. The predicted molar refractivity (Wildman–Crippen MR) is 124 cm³/mol. The molecule has 40 heavy (non-hydrogen) atoms. The van der Waals surface area contributed by atoms with Crippen LogP contribution in [0.2, 0.25) is 0 Å². The first kappa shape index (κ1) is 27.9. The van der Waals surface area contributed by atoms with Gasteiger partial charge in [0.05, 0.1) is 5.56 Å². The van der Waals surface area contributed by atoms with E-state index < -0.39 is 67.5 Å². The van der Waals surface area contributed by atoms with Gasteiger partial charge in [0.15, 0.2) is 0 Å². The quantitative estimate of drug-likeness (QED) is 0.150. The first-order chi connectivity index (χ1) is 18.7. The van der Waals surface area contributed by atoms with Gasteiger partial charge in [-0.2, -0.15) is 30.4 Å². The zero-order valence-electron chi connectivity index (χ0n) is 20.1. The lowest BCUT2D eigenvalue weighted by atomic mass is 9.90. The minimum Gasteiger partial charge on any atom is -0.372 e. The van der Waals surface area contributed by atoms with Crippen LogP contribution >= 0.6 is 0 Å². The Hall–Kier alpha value is -3.68. The SMILES string of the molecule is O=C1CCCN1c1cc(C(F)(F)F)ccc1C1CCc2cc(S(=O)(=O)Oc3c(F)c(F)c(F)c(F)c3F)ccc21. The van der Waals surface area contributed by atoms with Gasteiger partial charge in [0.2, 0.25) is 40.7 Å². The van der Waals surface area contributed by atoms with Crippen molar-refractivity contribution in [3.63, 3.8) is 0 Å². The summed E-state index contributed by atoms with van der Waals surface area (Å²) in [7, 11) is -5.07. The van der Waals surface area contributed by atoms with Crippen molar-refractivity contribution in [2.75, 3.05) is 11.4 Å². The molecule has 1 fully saturated rings. The Morgan fingerprint density at radius 3 is 2.05 bits per heavy atom. The number of benzene rings is 3. The molecule has 0 saturated carbocycles. The van der Waals surface area contributed by atoms with Crippen molar-refractivity contribution in [3.8, 4) is 5.75 Å². The summed E-state index contributed by atoms with van der Waals surface area (Å²) in [6, 6.07) is 6.50. The molecule has 1 unspecified atom stereocenters. The number of carbonyl (C=O) groups is 1. The molecule has 0 spiro atoms. The highest BCUT2D eigenvalue weighted by Crippen LogP contribution is 2.45. The molecule has 0 aromatic heterocycles. The molecule has 1 atom stereocenters. The topological polar surface area (TPSA) is 63.7 Å². The van der Waals surface area contributed by atoms with Crippen molar-refractivity contribution in [1.29, 1.82) is 0 Å². The molecule has 1 heterocycles. The summed E-state index contributed by atoms with van der Waals surface area (Å²) < 4.78 is 138. The summed E-state index contributed by atoms with van der Waals surface area (Å²) in [5.74, 6) is -15.0. The van der Waals surface area contributed by atoms with Gasteiger partial charge in [0.25, 0.3) is 0 Å². The van der Waals surface area contributed by atoms with Crippen LogP contribution in [0.1, 0.15) is 47.4 Å². The lowest BCUT2D eigenvalue weighted by Gasteiger charge is -2.25. The van der Waals surface area contributed by atoms with Crippen molar-refractivity contribution >= 4 is 21.7 Å². The van der Waals surface area contributed by atoms with Crippen LogP contribution in [0.3, 0.4) is 0 Å². The lowest BCUT2D eigenvalue weighted by molar-refractivity contribution is -0.137. The Balaban J connectivity index is 1.51. The second-order valence-electron chi connectivity index (χ2n) is 9.31. The molecule has 3 aromatic rings. The van der Waals surface area contributed by atoms with Gasteiger partial charge in [-0.1, -0.05) is 12.1 Å². The first-order valence-electron chi connectivity index (χ1n) is 11.8. The third-order valence-electron chi connectivity index (χ3n) is 6.94. The molecule has 1 aliphatic heterocycles. The minimum absolute atomic E-state index is 0.0986. The number of amides is 1. The summed E-state index contributed by atoms with van der Waals surface area (Å²) in [6.07, 6.45) is -3.43. The Morgan fingerprint density at radius 2 is 1.45 bits per heavy atom. The molecule has 0 radical (unpaired) electrons. The average Bonchev–Trinajstić information content (AvgIpc) is 3.53. The number of hydrogen-bond donors (Lipinski definition) is 0. The van der Waals surface area contributed by atoms with E-state index in [-0.39, 0.29) is 31.0 Å². The molecule has 1 amide bonds. The fraction of sp³-hybridized carbons (Fsp3) is 0.269. The zero-order valence-corrected chi connectivity index (χ0v) is 20.9. The Labute approximate surface area is 222 Å². The first-order valence-corrected chi connectivity index (χ1v) is 13.2. The third-order valence-corrected chi connectivity index (χ3v) is 8.16. The maximum Gasteiger partial charge on any atom is 0.416 e. The maximum absolute atomic E-state index is 14.0. The van der Waals surface area contributed by atoms with E-state index in [4.69, 9.17) is 0 Å². The van der Waals surface area contributed by atoms with E-state index in [1.54, 1.807) is 0 Å². The number of alkyl halides is 3. The molecule has 212 valence electrons. The number of fused-ring (bicyclic) bond motifs is 1. The summed E-state index contributed by atoms with van der Waals surface area (Å²) in [6.45, 7) is 0.235. The molecule has 1 saturated heterocycles. The normalized spacial score (nSPS) is 17.4. The smallest absolute Gasteiger partial charge is 0.372 e. The van der Waals surface area contributed by atoms with Crippen molar-refractivity contribution in [2.24, 2.45) is 0 Å². The highest BCUT2D eigenvalue weighted by molar-refractivity contribution is 7.87. The average molecular weight is 591 g/mol. The monoisotopic (exact) mass is 591 g/mol. The standard InChI is InChI=1S/C26H17F8NO4S/c27-20-21(28)23(30)25(24(31)22(20)29)39-40(37,38)14-5-8-15-12(10-14)3-6-16(15)17-7-4-13(26(32,33)34)11-18(17)35-9-1-2-19(35)36/h4-5,7-8,10-11,16H,1-3,6,9H2. The van der Waals surface area contributed by atoms with Gasteiger partial charge in [0.1, 0.15) is 4.90 Å². The van der Waals surface area contributed by atoms with Crippen LogP contribution in [-0.4, -0.2) is 20.9 Å². The second kappa shape index (κ2) is 9.75. The van der Waals surface area contributed by atoms with E-state index in [1.807, 2.05) is 0 Å². The molecule has 14 heteroatoms. The highest BCUT2D eigenvalue weighted by atomic mass is 32.2. The predicted octanol–water partition coefficient (Wildman–Crippen LogP) is 6.37. The number of halogens is 8. The number of aryl methyl sites for hydroxylation is 1. The summed E-state index contributed by atoms with van der Waals surface area (Å²) in [4.78, 5) is 13.1. The van der Waals surface area contributed by atoms with E-state index in [0.717, 1.165) is 24.3 Å². The Kier molecular flexibility index (Phi) is 6.79. The molecule has 5 rings (SSSR count). The van der Waals surface area contributed by atoms with Crippen molar-refractivity contribution < 1.29 is 52.5 Å². The highest BCUT2D eigenvalue weighted by Gasteiger charge is 2.37. The van der Waals surface area contributed by atoms with Crippen LogP contribution in [0.4, 0.5) is 40.8 Å². The van der Waals surface area contributed by atoms with E-state index in [1.165, 1.54) is 17.0 Å². The van der Waals surface area contributed by atoms with Crippen LogP contribution < -0.4 is 9.08 Å². The number of carbonyl (C=O) groups excluding carboxylic acids is 1. The molecular formula is C26H17F8NO4S. The van der Waals surface area contributed by atoms with Gasteiger partial charge in [-0.3, -0.25) is 4.79 Å². The van der Waals surface area contributed by atoms with E-state index in [2.05, 4.69) is 4.18 Å². The van der Waals surface area contributed by atoms with Crippen LogP contribution in [0.25, 0.3) is 0 Å². The molecule has 0 bridgehead atoms. The van der Waals surface area contributed by atoms with Crippen LogP contribution in [0.5, 0.6) is 5.75 Å². The summed E-state index contributed by atoms with van der Waals surface area (Å²) in [5.41, 5.74) is 0.529. The van der Waals surface area contributed by atoms with Gasteiger partial charge >= 0.3 is 16.3 Å². The van der Waals surface area contributed by atoms with E-state index >= 15 is 0 Å². The fourth-order valence-electron chi connectivity index (χ4n) is 5.04. The third kappa shape index (κ3) is 4.67. The fourth-order valence-corrected chi connectivity index (χ4v) is 6.02. The number of hydrogen-bond acceptors (Lipinski definition) is 4. The van der Waals surface area contributed by atoms with Crippen LogP contribution in [-0.2, 0) is 27.5 Å². The van der Waals surface area contributed by atoms with Crippen LogP contribution in [0.15, 0.2) is 41.3 Å². The van der Waals surface area contributed by atoms with E-state index in [0.29, 0.717) is 29.5 Å². The largest absolute Gasteiger partial charge is 0.416 e. The molecule has 0 N–H and O–H groups in total. The van der Waals surface area contributed by atoms with Gasteiger partial charge in [-0.25, -0.2) is 13.2 Å². The van der Waals surface area contributed by atoms with Crippen LogP contribution in [0, 0.1) is 29.1 Å². The molecule has 5 nitrogen and oxygen atoms in total. The minimum atomic E-state index is -5.07. The van der Waals surface area contributed by atoms with Crippen molar-refractivity contribution in [3.05, 3.63) is 87.7 Å². The van der Waals surface area contributed by atoms with Gasteiger partial charge in [0, 0.05) is 24.6 Å². The number of anilines is 1. The van der Waals surface area contributed by atoms with Crippen molar-refractivity contribution in [1.82, 2.24) is 0 Å². The van der Waals surface area contributed by atoms with Gasteiger partial charge < -0.3 is 9.08 Å². The molecule has 1 aliphatic carbocycles. The molecular weight excluding hydrogens is 574 g/mol. The van der Waals surface area contributed by atoms with Gasteiger partial charge in [-0.15, -0.1) is 0 Å². The van der Waals surface area contributed by atoms with E-state index in [9.17, 15) is 48.3 Å². The molecule has 2 aliphatic rings.